The Kier molecular flexibility index (Phi) is 5.08. The molecule has 0 bridgehead atoms. The Hall–Kier alpha value is -2.32. The molecule has 0 unspecified atom stereocenters. The van der Waals surface area contributed by atoms with Gasteiger partial charge in [0.25, 0.3) is 0 Å². The second-order valence-electron chi connectivity index (χ2n) is 9.22. The van der Waals surface area contributed by atoms with Gasteiger partial charge in [-0.25, -0.2) is 9.59 Å². The zero-order chi connectivity index (χ0) is 21.8. The molecule has 0 amide bonds. The summed E-state index contributed by atoms with van der Waals surface area (Å²) in [6, 6.07) is 5.18. The molecule has 2 aromatic rings. The summed E-state index contributed by atoms with van der Waals surface area (Å²) in [5.74, 6) is -0.543. The number of rotatable bonds is 2. The molecule has 1 aliphatic heterocycles. The predicted octanol–water partition coefficient (Wildman–Crippen LogP) is 3.51. The van der Waals surface area contributed by atoms with Crippen molar-refractivity contribution in [2.24, 2.45) is 0 Å². The Morgan fingerprint density at radius 2 is 1.66 bits per heavy atom. The highest BCUT2D eigenvalue weighted by molar-refractivity contribution is 6.65. The molecular formula is C21H28BNO6. The molecule has 0 radical (unpaired) electrons. The van der Waals surface area contributed by atoms with Crippen molar-refractivity contribution >= 4 is 35.5 Å². The maximum atomic E-state index is 12.9. The van der Waals surface area contributed by atoms with E-state index in [4.69, 9.17) is 18.8 Å². The van der Waals surface area contributed by atoms with Crippen LogP contribution in [0.3, 0.4) is 0 Å². The molecule has 2 heterocycles. The lowest BCUT2D eigenvalue weighted by Crippen LogP contribution is -2.41. The number of nitrogens with zero attached hydrogens (tertiary/aromatic N) is 1. The summed E-state index contributed by atoms with van der Waals surface area (Å²) in [6.07, 6.45) is 1.02. The number of carbonyl (C=O) groups excluding carboxylic acids is 2. The minimum absolute atomic E-state index is 0.263. The van der Waals surface area contributed by atoms with Gasteiger partial charge in [0.15, 0.2) is 0 Å². The highest BCUT2D eigenvalue weighted by Gasteiger charge is 2.52. The molecule has 7 nitrogen and oxygen atoms in total. The monoisotopic (exact) mass is 401 g/mol. The Morgan fingerprint density at radius 1 is 1.07 bits per heavy atom. The Bertz CT molecular complexity index is 953. The third kappa shape index (κ3) is 3.79. The van der Waals surface area contributed by atoms with E-state index >= 15 is 0 Å². The molecule has 1 fully saturated rings. The number of ether oxygens (including phenoxy) is 2. The van der Waals surface area contributed by atoms with E-state index in [-0.39, 0.29) is 5.56 Å². The molecule has 0 spiro atoms. The van der Waals surface area contributed by atoms with Crippen molar-refractivity contribution in [1.29, 1.82) is 0 Å². The van der Waals surface area contributed by atoms with Crippen LogP contribution in [-0.2, 0) is 18.8 Å². The average Bonchev–Trinajstić information content (AvgIpc) is 3.07. The number of para-hydroxylation sites is 1. The fraction of sp³-hybridized carbons (Fsp3) is 0.524. The molecule has 8 heteroatoms. The molecule has 0 atom stereocenters. The number of benzene rings is 1. The number of aromatic nitrogens is 1. The van der Waals surface area contributed by atoms with Crippen LogP contribution in [0.25, 0.3) is 10.9 Å². The second-order valence-corrected chi connectivity index (χ2v) is 9.22. The van der Waals surface area contributed by atoms with E-state index in [0.29, 0.717) is 16.4 Å². The summed E-state index contributed by atoms with van der Waals surface area (Å²) in [5.41, 5.74) is -0.471. The van der Waals surface area contributed by atoms with Gasteiger partial charge in [0.05, 0.1) is 29.4 Å². The van der Waals surface area contributed by atoms with E-state index in [2.05, 4.69) is 0 Å². The van der Waals surface area contributed by atoms with Crippen molar-refractivity contribution in [1.82, 2.24) is 4.57 Å². The minimum Gasteiger partial charge on any atom is -0.465 e. The van der Waals surface area contributed by atoms with Gasteiger partial charge < -0.3 is 18.8 Å². The number of methoxy groups -OCH3 is 1. The molecule has 1 aromatic carbocycles. The Balaban J connectivity index is 2.20. The van der Waals surface area contributed by atoms with Gasteiger partial charge in [-0.15, -0.1) is 0 Å². The highest BCUT2D eigenvalue weighted by atomic mass is 16.7. The number of fused-ring (bicyclic) bond motifs is 1. The van der Waals surface area contributed by atoms with Gasteiger partial charge in [0.1, 0.15) is 5.60 Å². The molecule has 29 heavy (non-hydrogen) atoms. The Morgan fingerprint density at radius 3 is 2.17 bits per heavy atom. The Labute approximate surface area is 171 Å². The van der Waals surface area contributed by atoms with Crippen molar-refractivity contribution in [2.45, 2.75) is 65.3 Å². The fourth-order valence-corrected chi connectivity index (χ4v) is 3.20. The molecule has 3 rings (SSSR count). The maximum absolute atomic E-state index is 12.9. The number of esters is 1. The smallest absolute Gasteiger partial charge is 0.465 e. The van der Waals surface area contributed by atoms with Crippen LogP contribution in [-0.4, -0.2) is 47.7 Å². The average molecular weight is 401 g/mol. The molecule has 156 valence electrons. The van der Waals surface area contributed by atoms with E-state index in [1.54, 1.807) is 39.1 Å². The molecule has 1 saturated heterocycles. The summed E-state index contributed by atoms with van der Waals surface area (Å²) in [6.45, 7) is 13.2. The van der Waals surface area contributed by atoms with Crippen molar-refractivity contribution in [3.05, 3.63) is 30.0 Å². The summed E-state index contributed by atoms with van der Waals surface area (Å²) in [5, 5.41) is 0.664. The van der Waals surface area contributed by atoms with Gasteiger partial charge >= 0.3 is 19.2 Å². The lowest BCUT2D eigenvalue weighted by atomic mass is 9.79. The molecule has 0 N–H and O–H groups in total. The van der Waals surface area contributed by atoms with E-state index in [1.165, 1.54) is 11.7 Å². The summed E-state index contributed by atoms with van der Waals surface area (Å²) < 4.78 is 24.1. The zero-order valence-electron chi connectivity index (χ0n) is 18.3. The van der Waals surface area contributed by atoms with Gasteiger partial charge in [-0.05, 0) is 54.5 Å². The van der Waals surface area contributed by atoms with E-state index in [0.717, 1.165) is 0 Å². The van der Waals surface area contributed by atoms with Crippen molar-refractivity contribution in [2.75, 3.05) is 7.11 Å². The summed E-state index contributed by atoms with van der Waals surface area (Å²) in [4.78, 5) is 25.3. The van der Waals surface area contributed by atoms with Crippen LogP contribution in [0.4, 0.5) is 4.79 Å². The predicted molar refractivity (Wildman–Crippen MR) is 111 cm³/mol. The molecule has 0 saturated carbocycles. The van der Waals surface area contributed by atoms with Crippen LogP contribution in [0.2, 0.25) is 0 Å². The molecule has 1 aromatic heterocycles. The first-order valence-corrected chi connectivity index (χ1v) is 9.59. The van der Waals surface area contributed by atoms with Crippen LogP contribution in [0.5, 0.6) is 0 Å². The first-order valence-electron chi connectivity index (χ1n) is 9.59. The fourth-order valence-electron chi connectivity index (χ4n) is 3.20. The van der Waals surface area contributed by atoms with Crippen molar-refractivity contribution < 1.29 is 28.4 Å². The summed E-state index contributed by atoms with van der Waals surface area (Å²) >= 11 is 0. The van der Waals surface area contributed by atoms with E-state index < -0.39 is 36.0 Å². The number of hydrogen-bond acceptors (Lipinski definition) is 6. The zero-order valence-corrected chi connectivity index (χ0v) is 18.3. The quantitative estimate of drug-likeness (QED) is 0.566. The van der Waals surface area contributed by atoms with Crippen LogP contribution in [0, 0.1) is 0 Å². The third-order valence-corrected chi connectivity index (χ3v) is 5.36. The third-order valence-electron chi connectivity index (χ3n) is 5.36. The van der Waals surface area contributed by atoms with Gasteiger partial charge in [0, 0.05) is 17.0 Å². The molecule has 0 aliphatic carbocycles. The van der Waals surface area contributed by atoms with Gasteiger partial charge in [-0.2, -0.15) is 0 Å². The maximum Gasteiger partial charge on any atom is 0.497 e. The van der Waals surface area contributed by atoms with Crippen LogP contribution < -0.4 is 5.46 Å². The van der Waals surface area contributed by atoms with E-state index in [9.17, 15) is 9.59 Å². The van der Waals surface area contributed by atoms with Crippen LogP contribution in [0.1, 0.15) is 58.8 Å². The van der Waals surface area contributed by atoms with E-state index in [1.807, 2.05) is 33.8 Å². The van der Waals surface area contributed by atoms with Crippen LogP contribution in [0.15, 0.2) is 24.4 Å². The highest BCUT2D eigenvalue weighted by Crippen LogP contribution is 2.37. The van der Waals surface area contributed by atoms with Crippen LogP contribution >= 0.6 is 0 Å². The van der Waals surface area contributed by atoms with Gasteiger partial charge in [-0.3, -0.25) is 4.57 Å². The van der Waals surface area contributed by atoms with Crippen molar-refractivity contribution in [3.63, 3.8) is 0 Å². The summed E-state index contributed by atoms with van der Waals surface area (Å²) in [7, 11) is 0.607. The second kappa shape index (κ2) is 6.88. The standard InChI is InChI=1S/C21H28BNO6/c1-19(2,3)27-18(25)23-12-15(22-28-20(4,5)21(6,7)29-22)13-10-9-11-14(16(13)23)17(24)26-8/h9-12H,1-8H3. The largest absolute Gasteiger partial charge is 0.497 e. The lowest BCUT2D eigenvalue weighted by molar-refractivity contribution is 0.00578. The molecular weight excluding hydrogens is 373 g/mol. The van der Waals surface area contributed by atoms with Gasteiger partial charge in [0.2, 0.25) is 0 Å². The topological polar surface area (TPSA) is 76.0 Å². The lowest BCUT2D eigenvalue weighted by Gasteiger charge is -2.32. The first-order chi connectivity index (χ1) is 13.3. The van der Waals surface area contributed by atoms with Crippen molar-refractivity contribution in [3.8, 4) is 0 Å². The van der Waals surface area contributed by atoms with Gasteiger partial charge in [-0.1, -0.05) is 12.1 Å². The minimum atomic E-state index is -0.696. The molecule has 1 aliphatic rings. The first kappa shape index (κ1) is 21.4. The SMILES string of the molecule is COC(=O)c1cccc2c(B3OC(C)(C)C(C)(C)O3)cn(C(=O)OC(C)(C)C)c12. The number of carbonyl (C=O) groups is 2. The number of hydrogen-bond donors (Lipinski definition) is 0. The normalized spacial score (nSPS) is 18.1.